The van der Waals surface area contributed by atoms with Crippen LogP contribution in [-0.4, -0.2) is 27.8 Å². The van der Waals surface area contributed by atoms with Crippen molar-refractivity contribution in [2.45, 2.75) is 57.9 Å². The zero-order valence-corrected chi connectivity index (χ0v) is 21.9. The van der Waals surface area contributed by atoms with Gasteiger partial charge >= 0.3 is 6.03 Å². The Balaban J connectivity index is 1.49. The number of fused-ring (bicyclic) bond motifs is 1. The zero-order valence-electron chi connectivity index (χ0n) is 21.9. The number of carbonyl (C=O) groups is 1. The molecule has 0 unspecified atom stereocenters. The summed E-state index contributed by atoms with van der Waals surface area (Å²) in [6.45, 7) is 5.91. The summed E-state index contributed by atoms with van der Waals surface area (Å²) in [5.74, 6) is 0.192. The number of rotatable bonds is 5. The fourth-order valence-corrected chi connectivity index (χ4v) is 4.84. The Labute approximate surface area is 219 Å². The van der Waals surface area contributed by atoms with Gasteiger partial charge in [-0.1, -0.05) is 44.8 Å². The molecule has 1 aliphatic carbocycles. The molecule has 3 aromatic heterocycles. The van der Waals surface area contributed by atoms with Crippen LogP contribution in [-0.2, 0) is 5.41 Å². The van der Waals surface area contributed by atoms with E-state index < -0.39 is 11.8 Å². The normalized spacial score (nSPS) is 14.1. The first-order chi connectivity index (χ1) is 18.1. The van der Waals surface area contributed by atoms with Crippen molar-refractivity contribution in [1.82, 2.24) is 14.7 Å². The summed E-state index contributed by atoms with van der Waals surface area (Å²) in [6.07, 6.45) is 5.70. The summed E-state index contributed by atoms with van der Waals surface area (Å²) in [7, 11) is 1.79. The van der Waals surface area contributed by atoms with E-state index in [2.05, 4.69) is 26.1 Å². The van der Waals surface area contributed by atoms with E-state index in [9.17, 15) is 14.0 Å². The summed E-state index contributed by atoms with van der Waals surface area (Å²) in [5.41, 5.74) is 1.92. The van der Waals surface area contributed by atoms with E-state index in [-0.39, 0.29) is 28.6 Å². The van der Waals surface area contributed by atoms with E-state index in [0.29, 0.717) is 22.6 Å². The Morgan fingerprint density at radius 3 is 2.55 bits per heavy atom. The first kappa shape index (κ1) is 25.4. The quantitative estimate of drug-likeness (QED) is 0.286. The van der Waals surface area contributed by atoms with E-state index >= 15 is 0 Å². The highest BCUT2D eigenvalue weighted by Gasteiger charge is 2.23. The third-order valence-corrected chi connectivity index (χ3v) is 6.91. The van der Waals surface area contributed by atoms with Gasteiger partial charge in [0.1, 0.15) is 11.6 Å². The highest BCUT2D eigenvalue weighted by Crippen LogP contribution is 2.33. The van der Waals surface area contributed by atoms with Crippen LogP contribution in [0.15, 0.2) is 51.9 Å². The van der Waals surface area contributed by atoms with E-state index in [1.807, 2.05) is 31.4 Å². The molecule has 198 valence electrons. The molecule has 1 fully saturated rings. The molecule has 5 rings (SSSR count). The summed E-state index contributed by atoms with van der Waals surface area (Å²) in [5, 5.41) is 12.9. The number of pyridine rings is 2. The summed E-state index contributed by atoms with van der Waals surface area (Å²) < 4.78 is 21.8. The van der Waals surface area contributed by atoms with Crippen LogP contribution < -0.4 is 21.5 Å². The number of carbonyl (C=O) groups excluding carboxylic acids is 1. The zero-order chi connectivity index (χ0) is 27.0. The van der Waals surface area contributed by atoms with Crippen LogP contribution in [0.5, 0.6) is 0 Å². The van der Waals surface area contributed by atoms with Gasteiger partial charge in [0.2, 0.25) is 5.88 Å². The molecule has 9 nitrogen and oxygen atoms in total. The van der Waals surface area contributed by atoms with Gasteiger partial charge < -0.3 is 19.7 Å². The van der Waals surface area contributed by atoms with Crippen LogP contribution in [0.4, 0.5) is 26.6 Å². The van der Waals surface area contributed by atoms with Crippen molar-refractivity contribution in [3.63, 3.8) is 0 Å². The van der Waals surface area contributed by atoms with Crippen molar-refractivity contribution in [3.8, 4) is 11.1 Å². The molecule has 0 atom stereocenters. The number of amides is 2. The van der Waals surface area contributed by atoms with Gasteiger partial charge in [-0.25, -0.2) is 14.2 Å². The molecule has 1 saturated carbocycles. The van der Waals surface area contributed by atoms with Crippen LogP contribution in [0, 0.1) is 5.82 Å². The van der Waals surface area contributed by atoms with E-state index in [1.54, 1.807) is 31.4 Å². The number of halogens is 1. The average molecular weight is 519 g/mol. The maximum Gasteiger partial charge on any atom is 0.326 e. The van der Waals surface area contributed by atoms with Crippen LogP contribution in [0.1, 0.15) is 58.2 Å². The van der Waals surface area contributed by atoms with Crippen LogP contribution in [0.3, 0.4) is 0 Å². The average Bonchev–Trinajstić information content (AvgIpc) is 3.57. The molecule has 0 radical (unpaired) electrons. The second-order valence-corrected chi connectivity index (χ2v) is 10.6. The topological polar surface area (TPSA) is 114 Å². The Hall–Kier alpha value is -4.21. The number of benzene rings is 1. The summed E-state index contributed by atoms with van der Waals surface area (Å²) >= 11 is 0. The second-order valence-electron chi connectivity index (χ2n) is 10.6. The second kappa shape index (κ2) is 9.92. The molecule has 10 heteroatoms. The maximum atomic E-state index is 14.7. The van der Waals surface area contributed by atoms with Crippen LogP contribution in [0.25, 0.3) is 22.0 Å². The van der Waals surface area contributed by atoms with Crippen LogP contribution in [0.2, 0.25) is 0 Å². The molecule has 0 bridgehead atoms. The Morgan fingerprint density at radius 2 is 1.87 bits per heavy atom. The molecule has 4 aromatic rings. The van der Waals surface area contributed by atoms with Crippen molar-refractivity contribution >= 4 is 34.3 Å². The fourth-order valence-electron chi connectivity index (χ4n) is 4.84. The first-order valence-corrected chi connectivity index (χ1v) is 12.7. The SMILES string of the molecule is CNc1cc2c(cn1)cc(-c1ccc(F)c(NC(=O)Nc3cc(C(C)(C)C)no3)c1)c(=O)n2C1CCCC1. The van der Waals surface area contributed by atoms with Gasteiger partial charge in [0.15, 0.2) is 0 Å². The lowest BCUT2D eigenvalue weighted by molar-refractivity contribution is 0.261. The monoisotopic (exact) mass is 518 g/mol. The molecule has 1 aromatic carbocycles. The third-order valence-electron chi connectivity index (χ3n) is 6.91. The lowest BCUT2D eigenvalue weighted by Crippen LogP contribution is -2.25. The number of nitrogens with one attached hydrogen (secondary N) is 3. The van der Waals surface area contributed by atoms with Gasteiger partial charge in [0.05, 0.1) is 16.9 Å². The van der Waals surface area contributed by atoms with Crippen molar-refractivity contribution in [1.29, 1.82) is 0 Å². The number of urea groups is 1. The van der Waals surface area contributed by atoms with Gasteiger partial charge in [-0.3, -0.25) is 10.1 Å². The van der Waals surface area contributed by atoms with E-state index in [1.165, 1.54) is 12.1 Å². The third kappa shape index (κ3) is 4.98. The van der Waals surface area contributed by atoms with Gasteiger partial charge in [0, 0.05) is 47.8 Å². The minimum absolute atomic E-state index is 0.0638. The number of hydrogen-bond acceptors (Lipinski definition) is 6. The van der Waals surface area contributed by atoms with Gasteiger partial charge in [-0.05, 0) is 36.6 Å². The summed E-state index contributed by atoms with van der Waals surface area (Å²) in [4.78, 5) is 30.9. The molecule has 1 aliphatic rings. The van der Waals surface area contributed by atoms with Gasteiger partial charge in [0.25, 0.3) is 5.56 Å². The molecule has 3 N–H and O–H groups in total. The molecular formula is C28H31FN6O3. The predicted octanol–water partition coefficient (Wildman–Crippen LogP) is 6.29. The van der Waals surface area contributed by atoms with Gasteiger partial charge in [-0.2, -0.15) is 0 Å². The molecule has 0 saturated heterocycles. The van der Waals surface area contributed by atoms with Crippen molar-refractivity contribution in [2.24, 2.45) is 0 Å². The molecule has 2 amide bonds. The predicted molar refractivity (Wildman–Crippen MR) is 146 cm³/mol. The number of aromatic nitrogens is 3. The Kier molecular flexibility index (Phi) is 6.64. The highest BCUT2D eigenvalue weighted by molar-refractivity contribution is 5.99. The summed E-state index contributed by atoms with van der Waals surface area (Å²) in [6, 6.07) is 8.92. The maximum absolute atomic E-state index is 14.7. The molecule has 0 spiro atoms. The standard InChI is InChI=1S/C28H31FN6O3/c1-28(2,3)23-14-25(38-34-23)33-27(37)32-21-12-16(9-10-20(21)29)19-11-17-15-31-24(30-4)13-22(17)35(26(19)36)18-7-5-6-8-18/h9-15,18H,5-8H2,1-4H3,(H,30,31)(H2,32,33,37). The Bertz CT molecular complexity index is 1560. The van der Waals surface area contributed by atoms with Crippen molar-refractivity contribution in [2.75, 3.05) is 23.0 Å². The molecule has 0 aliphatic heterocycles. The van der Waals surface area contributed by atoms with Gasteiger partial charge in [-0.15, -0.1) is 0 Å². The van der Waals surface area contributed by atoms with Crippen LogP contribution >= 0.6 is 0 Å². The lowest BCUT2D eigenvalue weighted by Gasteiger charge is -2.19. The number of nitrogens with zero attached hydrogens (tertiary/aromatic N) is 3. The molecule has 38 heavy (non-hydrogen) atoms. The van der Waals surface area contributed by atoms with Crippen molar-refractivity contribution in [3.05, 3.63) is 64.5 Å². The molecule has 3 heterocycles. The molecular weight excluding hydrogens is 487 g/mol. The van der Waals surface area contributed by atoms with Crippen molar-refractivity contribution < 1.29 is 13.7 Å². The van der Waals surface area contributed by atoms with E-state index in [4.69, 9.17) is 4.52 Å². The Morgan fingerprint density at radius 1 is 1.11 bits per heavy atom. The smallest absolute Gasteiger partial charge is 0.326 e. The minimum Gasteiger partial charge on any atom is -0.373 e. The first-order valence-electron chi connectivity index (χ1n) is 12.7. The number of anilines is 3. The highest BCUT2D eigenvalue weighted by atomic mass is 19.1. The fraction of sp³-hybridized carbons (Fsp3) is 0.357. The van der Waals surface area contributed by atoms with E-state index in [0.717, 1.165) is 36.6 Å². The minimum atomic E-state index is -0.691. The largest absolute Gasteiger partial charge is 0.373 e. The number of hydrogen-bond donors (Lipinski definition) is 3. The lowest BCUT2D eigenvalue weighted by atomic mass is 9.92.